The van der Waals surface area contributed by atoms with Crippen molar-refractivity contribution in [3.8, 4) is 0 Å². The van der Waals surface area contributed by atoms with Gasteiger partial charge >= 0.3 is 5.97 Å². The minimum absolute atomic E-state index is 0.00792. The number of aliphatic carboxylic acids is 1. The van der Waals surface area contributed by atoms with E-state index in [1.54, 1.807) is 16.2 Å². The van der Waals surface area contributed by atoms with E-state index in [0.717, 1.165) is 19.3 Å². The van der Waals surface area contributed by atoms with E-state index in [-0.39, 0.29) is 18.4 Å². The van der Waals surface area contributed by atoms with Crippen molar-refractivity contribution in [2.24, 2.45) is 5.92 Å². The van der Waals surface area contributed by atoms with Gasteiger partial charge in [0.2, 0.25) is 5.91 Å². The zero-order valence-electron chi connectivity index (χ0n) is 9.96. The Morgan fingerprint density at radius 2 is 2.33 bits per heavy atom. The van der Waals surface area contributed by atoms with Crippen molar-refractivity contribution in [2.75, 3.05) is 6.54 Å². The number of hydrogen-bond acceptors (Lipinski definition) is 3. The quantitative estimate of drug-likeness (QED) is 0.890. The third-order valence-electron chi connectivity index (χ3n) is 3.90. The van der Waals surface area contributed by atoms with Crippen LogP contribution in [0.15, 0.2) is 11.4 Å². The first-order valence-corrected chi connectivity index (χ1v) is 7.13. The Balaban J connectivity index is 1.85. The zero-order chi connectivity index (χ0) is 12.7. The summed E-state index contributed by atoms with van der Waals surface area (Å²) >= 11 is 1.74. The number of rotatable bonds is 2. The number of carbonyl (C=O) groups is 2. The lowest BCUT2D eigenvalue weighted by Gasteiger charge is -2.31. The Kier molecular flexibility index (Phi) is 2.86. The van der Waals surface area contributed by atoms with Crippen molar-refractivity contribution in [3.63, 3.8) is 0 Å². The SMILES string of the molecule is O=C(O)C1CC(=O)N(C2CCCc3sccc32)C1. The molecule has 1 aromatic rings. The standard InChI is InChI=1S/C13H15NO3S/c15-12-6-8(13(16)17)7-14(12)10-2-1-3-11-9(10)4-5-18-11/h4-5,8,10H,1-3,6-7H2,(H,16,17). The Hall–Kier alpha value is -1.36. The van der Waals surface area contributed by atoms with Crippen LogP contribution in [0.2, 0.25) is 0 Å². The number of likely N-dealkylation sites (tertiary alicyclic amines) is 1. The molecule has 1 aliphatic carbocycles. The fourth-order valence-corrected chi connectivity index (χ4v) is 3.97. The van der Waals surface area contributed by atoms with Crippen LogP contribution in [0.1, 0.15) is 35.7 Å². The first kappa shape index (κ1) is 11.7. The largest absolute Gasteiger partial charge is 0.481 e. The molecule has 2 aliphatic rings. The molecule has 96 valence electrons. The molecule has 1 aliphatic heterocycles. The zero-order valence-corrected chi connectivity index (χ0v) is 10.8. The van der Waals surface area contributed by atoms with Gasteiger partial charge in [0.05, 0.1) is 12.0 Å². The van der Waals surface area contributed by atoms with Crippen molar-refractivity contribution >= 4 is 23.2 Å². The van der Waals surface area contributed by atoms with Crippen molar-refractivity contribution in [1.29, 1.82) is 0 Å². The van der Waals surface area contributed by atoms with E-state index in [9.17, 15) is 9.59 Å². The summed E-state index contributed by atoms with van der Waals surface area (Å²) in [7, 11) is 0. The maximum Gasteiger partial charge on any atom is 0.308 e. The van der Waals surface area contributed by atoms with Gasteiger partial charge in [-0.25, -0.2) is 0 Å². The maximum atomic E-state index is 12.0. The van der Waals surface area contributed by atoms with Gasteiger partial charge in [-0.05, 0) is 36.3 Å². The third-order valence-corrected chi connectivity index (χ3v) is 4.90. The Labute approximate surface area is 109 Å². The van der Waals surface area contributed by atoms with Gasteiger partial charge in [-0.3, -0.25) is 9.59 Å². The summed E-state index contributed by atoms with van der Waals surface area (Å²) in [6, 6.07) is 2.20. The predicted molar refractivity (Wildman–Crippen MR) is 67.5 cm³/mol. The summed E-state index contributed by atoms with van der Waals surface area (Å²) in [5.74, 6) is -1.39. The second-order valence-corrected chi connectivity index (χ2v) is 5.99. The highest BCUT2D eigenvalue weighted by Crippen LogP contribution is 2.39. The molecule has 1 amide bonds. The summed E-state index contributed by atoms with van der Waals surface area (Å²) in [5.41, 5.74) is 1.24. The fourth-order valence-electron chi connectivity index (χ4n) is 2.98. The molecule has 2 heterocycles. The first-order chi connectivity index (χ1) is 8.66. The van der Waals surface area contributed by atoms with E-state index >= 15 is 0 Å². The first-order valence-electron chi connectivity index (χ1n) is 6.25. The fraction of sp³-hybridized carbons (Fsp3) is 0.538. The van der Waals surface area contributed by atoms with E-state index in [1.165, 1.54) is 10.4 Å². The molecule has 0 spiro atoms. The number of aryl methyl sites for hydroxylation is 1. The molecule has 0 aromatic carbocycles. The predicted octanol–water partition coefficient (Wildman–Crippen LogP) is 2.06. The van der Waals surface area contributed by atoms with Gasteiger partial charge in [0.15, 0.2) is 0 Å². The van der Waals surface area contributed by atoms with E-state index in [2.05, 4.69) is 11.4 Å². The lowest BCUT2D eigenvalue weighted by molar-refractivity contribution is -0.141. The Bertz CT molecular complexity index is 496. The van der Waals surface area contributed by atoms with Crippen molar-refractivity contribution < 1.29 is 14.7 Å². The molecular weight excluding hydrogens is 250 g/mol. The molecule has 0 bridgehead atoms. The van der Waals surface area contributed by atoms with E-state index in [1.807, 2.05) is 0 Å². The van der Waals surface area contributed by atoms with E-state index in [0.29, 0.717) is 6.54 Å². The van der Waals surface area contributed by atoms with Crippen LogP contribution in [-0.2, 0) is 16.0 Å². The second-order valence-electron chi connectivity index (χ2n) is 4.99. The van der Waals surface area contributed by atoms with Crippen LogP contribution in [-0.4, -0.2) is 28.4 Å². The van der Waals surface area contributed by atoms with Gasteiger partial charge < -0.3 is 10.0 Å². The number of thiophene rings is 1. The number of nitrogens with zero attached hydrogens (tertiary/aromatic N) is 1. The molecule has 2 atom stereocenters. The highest BCUT2D eigenvalue weighted by atomic mass is 32.1. The van der Waals surface area contributed by atoms with Gasteiger partial charge in [0, 0.05) is 17.8 Å². The Morgan fingerprint density at radius 1 is 1.50 bits per heavy atom. The van der Waals surface area contributed by atoms with Crippen molar-refractivity contribution in [3.05, 3.63) is 21.9 Å². The average Bonchev–Trinajstić information content (AvgIpc) is 2.94. The highest BCUT2D eigenvalue weighted by Gasteiger charge is 2.39. The van der Waals surface area contributed by atoms with Gasteiger partial charge in [-0.2, -0.15) is 0 Å². The van der Waals surface area contributed by atoms with Crippen LogP contribution in [0.5, 0.6) is 0 Å². The minimum Gasteiger partial charge on any atom is -0.481 e. The smallest absolute Gasteiger partial charge is 0.308 e. The number of amides is 1. The average molecular weight is 265 g/mol. The second kappa shape index (κ2) is 4.39. The van der Waals surface area contributed by atoms with E-state index in [4.69, 9.17) is 5.11 Å². The van der Waals surface area contributed by atoms with Crippen molar-refractivity contribution in [2.45, 2.75) is 31.7 Å². The lowest BCUT2D eigenvalue weighted by atomic mass is 9.93. The molecular formula is C13H15NO3S. The normalized spacial score (nSPS) is 27.3. The summed E-state index contributed by atoms with van der Waals surface area (Å²) in [6.07, 6.45) is 3.29. The number of carboxylic acids is 1. The number of hydrogen-bond donors (Lipinski definition) is 1. The topological polar surface area (TPSA) is 57.6 Å². The van der Waals surface area contributed by atoms with E-state index < -0.39 is 11.9 Å². The molecule has 18 heavy (non-hydrogen) atoms. The Morgan fingerprint density at radius 3 is 3.06 bits per heavy atom. The molecule has 1 fully saturated rings. The van der Waals surface area contributed by atoms with Gasteiger partial charge in [-0.1, -0.05) is 0 Å². The molecule has 2 unspecified atom stereocenters. The number of fused-ring (bicyclic) bond motifs is 1. The minimum atomic E-state index is -0.854. The van der Waals surface area contributed by atoms with Crippen LogP contribution >= 0.6 is 11.3 Å². The van der Waals surface area contributed by atoms with Gasteiger partial charge in [0.1, 0.15) is 0 Å². The van der Waals surface area contributed by atoms with Crippen LogP contribution in [0.25, 0.3) is 0 Å². The molecule has 1 saturated heterocycles. The molecule has 5 heteroatoms. The number of carbonyl (C=O) groups excluding carboxylic acids is 1. The van der Waals surface area contributed by atoms with Crippen molar-refractivity contribution in [1.82, 2.24) is 4.90 Å². The summed E-state index contributed by atoms with van der Waals surface area (Å²) in [5, 5.41) is 11.1. The molecule has 1 N–H and O–H groups in total. The summed E-state index contributed by atoms with van der Waals surface area (Å²) in [4.78, 5) is 26.1. The van der Waals surface area contributed by atoms with Crippen LogP contribution in [0.4, 0.5) is 0 Å². The monoisotopic (exact) mass is 265 g/mol. The van der Waals surface area contributed by atoms with Gasteiger partial charge in [0.25, 0.3) is 0 Å². The van der Waals surface area contributed by atoms with Crippen LogP contribution < -0.4 is 0 Å². The van der Waals surface area contributed by atoms with Crippen LogP contribution in [0.3, 0.4) is 0 Å². The summed E-state index contributed by atoms with van der Waals surface area (Å²) < 4.78 is 0. The maximum absolute atomic E-state index is 12.0. The van der Waals surface area contributed by atoms with Gasteiger partial charge in [-0.15, -0.1) is 11.3 Å². The highest BCUT2D eigenvalue weighted by molar-refractivity contribution is 7.10. The molecule has 1 aromatic heterocycles. The molecule has 0 radical (unpaired) electrons. The molecule has 3 rings (SSSR count). The summed E-state index contributed by atoms with van der Waals surface area (Å²) in [6.45, 7) is 0.369. The number of carboxylic acid groups (broad SMARTS) is 1. The third kappa shape index (κ3) is 1.82. The van der Waals surface area contributed by atoms with Crippen LogP contribution in [0, 0.1) is 5.92 Å². The lowest BCUT2D eigenvalue weighted by Crippen LogP contribution is -2.32. The molecule has 0 saturated carbocycles. The molecule has 4 nitrogen and oxygen atoms in total.